The van der Waals surface area contributed by atoms with E-state index in [4.69, 9.17) is 4.55 Å². The quantitative estimate of drug-likeness (QED) is 0.666. The molecule has 7 heteroatoms. The van der Waals surface area contributed by atoms with Crippen LogP contribution in [0, 0.1) is 5.92 Å². The standard InChI is InChI=1S/C4H7F3O3S/c1-3(4(5,6)7)2-11(8,9)10/h3H,2H2,1H3,(H,8,9,10). The first-order valence-corrected chi connectivity index (χ1v) is 4.25. The highest BCUT2D eigenvalue weighted by molar-refractivity contribution is 7.85. The second kappa shape index (κ2) is 2.98. The fourth-order valence-corrected chi connectivity index (χ4v) is 1.23. The zero-order chi connectivity index (χ0) is 9.28. The Balaban J connectivity index is 4.21. The van der Waals surface area contributed by atoms with Crippen LogP contribution >= 0.6 is 0 Å². The van der Waals surface area contributed by atoms with Crippen LogP contribution in [0.25, 0.3) is 0 Å². The summed E-state index contributed by atoms with van der Waals surface area (Å²) in [4.78, 5) is 0. The Morgan fingerprint density at radius 3 is 1.91 bits per heavy atom. The van der Waals surface area contributed by atoms with Gasteiger partial charge in [0.05, 0.1) is 11.7 Å². The van der Waals surface area contributed by atoms with E-state index in [1.807, 2.05) is 0 Å². The minimum Gasteiger partial charge on any atom is -0.286 e. The van der Waals surface area contributed by atoms with Crippen molar-refractivity contribution >= 4 is 10.1 Å². The molecule has 1 N–H and O–H groups in total. The predicted octanol–water partition coefficient (Wildman–Crippen LogP) is 1.07. The normalized spacial score (nSPS) is 16.5. The molecule has 0 bridgehead atoms. The Morgan fingerprint density at radius 1 is 1.45 bits per heavy atom. The Hall–Kier alpha value is -0.300. The predicted molar refractivity (Wildman–Crippen MR) is 31.6 cm³/mol. The van der Waals surface area contributed by atoms with Crippen molar-refractivity contribution < 1.29 is 26.1 Å². The van der Waals surface area contributed by atoms with E-state index in [1.54, 1.807) is 0 Å². The van der Waals surface area contributed by atoms with Gasteiger partial charge in [-0.25, -0.2) is 0 Å². The molecule has 0 amide bonds. The Morgan fingerprint density at radius 2 is 1.82 bits per heavy atom. The molecule has 0 aromatic carbocycles. The van der Waals surface area contributed by atoms with Crippen LogP contribution in [-0.4, -0.2) is 24.9 Å². The van der Waals surface area contributed by atoms with Gasteiger partial charge in [-0.2, -0.15) is 21.6 Å². The van der Waals surface area contributed by atoms with Crippen LogP contribution in [0.4, 0.5) is 13.2 Å². The van der Waals surface area contributed by atoms with E-state index in [9.17, 15) is 21.6 Å². The van der Waals surface area contributed by atoms with Crippen LogP contribution in [-0.2, 0) is 10.1 Å². The lowest BCUT2D eigenvalue weighted by Crippen LogP contribution is -2.27. The van der Waals surface area contributed by atoms with Crippen LogP contribution < -0.4 is 0 Å². The van der Waals surface area contributed by atoms with Gasteiger partial charge < -0.3 is 0 Å². The lowest BCUT2D eigenvalue weighted by atomic mass is 10.2. The third kappa shape index (κ3) is 5.02. The first-order valence-electron chi connectivity index (χ1n) is 2.65. The molecule has 11 heavy (non-hydrogen) atoms. The number of rotatable bonds is 2. The number of hydrogen-bond donors (Lipinski definition) is 1. The second-order valence-electron chi connectivity index (χ2n) is 2.19. The molecule has 0 saturated carbocycles. The minimum atomic E-state index is -4.57. The summed E-state index contributed by atoms with van der Waals surface area (Å²) >= 11 is 0. The second-order valence-corrected chi connectivity index (χ2v) is 3.69. The van der Waals surface area contributed by atoms with E-state index < -0.39 is 28.0 Å². The highest BCUT2D eigenvalue weighted by atomic mass is 32.2. The monoisotopic (exact) mass is 192 g/mol. The van der Waals surface area contributed by atoms with Gasteiger partial charge in [-0.3, -0.25) is 4.55 Å². The Bertz CT molecular complexity index is 217. The van der Waals surface area contributed by atoms with Gasteiger partial charge in [0.2, 0.25) is 0 Å². The van der Waals surface area contributed by atoms with E-state index in [2.05, 4.69) is 0 Å². The largest absolute Gasteiger partial charge is 0.392 e. The molecule has 1 unspecified atom stereocenters. The van der Waals surface area contributed by atoms with Gasteiger partial charge in [-0.15, -0.1) is 0 Å². The first kappa shape index (κ1) is 10.7. The fraction of sp³-hybridized carbons (Fsp3) is 1.00. The minimum absolute atomic E-state index is 0.688. The van der Waals surface area contributed by atoms with E-state index in [0.29, 0.717) is 6.92 Å². The van der Waals surface area contributed by atoms with Gasteiger partial charge in [-0.05, 0) is 0 Å². The van der Waals surface area contributed by atoms with Crippen molar-refractivity contribution in [1.29, 1.82) is 0 Å². The van der Waals surface area contributed by atoms with Crippen LogP contribution in [0.2, 0.25) is 0 Å². The maximum atomic E-state index is 11.6. The zero-order valence-corrected chi connectivity index (χ0v) is 6.41. The summed E-state index contributed by atoms with van der Waals surface area (Å²) in [5.41, 5.74) is 0. The molecule has 0 radical (unpaired) electrons. The van der Waals surface area contributed by atoms with Crippen molar-refractivity contribution in [1.82, 2.24) is 0 Å². The fourth-order valence-electron chi connectivity index (χ4n) is 0.410. The average Bonchev–Trinajstić information content (AvgIpc) is 1.56. The molecule has 0 rings (SSSR count). The zero-order valence-electron chi connectivity index (χ0n) is 5.59. The SMILES string of the molecule is CC(CS(=O)(=O)O)C(F)(F)F. The van der Waals surface area contributed by atoms with Crippen molar-refractivity contribution in [3.8, 4) is 0 Å². The Labute approximate surface area is 62.0 Å². The maximum Gasteiger partial charge on any atom is 0.392 e. The highest BCUT2D eigenvalue weighted by Gasteiger charge is 2.38. The van der Waals surface area contributed by atoms with Crippen molar-refractivity contribution in [2.45, 2.75) is 13.1 Å². The molecule has 0 aromatic rings. The molecule has 0 aromatic heterocycles. The molecular weight excluding hydrogens is 185 g/mol. The van der Waals surface area contributed by atoms with Crippen molar-refractivity contribution in [3.63, 3.8) is 0 Å². The maximum absolute atomic E-state index is 11.6. The van der Waals surface area contributed by atoms with Gasteiger partial charge in [0.15, 0.2) is 0 Å². The molecule has 3 nitrogen and oxygen atoms in total. The first-order chi connectivity index (χ1) is 4.63. The smallest absolute Gasteiger partial charge is 0.286 e. The summed E-state index contributed by atoms with van der Waals surface area (Å²) in [6, 6.07) is 0. The van der Waals surface area contributed by atoms with E-state index >= 15 is 0 Å². The lowest BCUT2D eigenvalue weighted by molar-refractivity contribution is -0.163. The van der Waals surface area contributed by atoms with Crippen LogP contribution in [0.5, 0.6) is 0 Å². The van der Waals surface area contributed by atoms with Gasteiger partial charge >= 0.3 is 6.18 Å². The van der Waals surface area contributed by atoms with Crippen molar-refractivity contribution in [2.75, 3.05) is 5.75 Å². The molecule has 0 aliphatic heterocycles. The number of hydrogen-bond acceptors (Lipinski definition) is 2. The topological polar surface area (TPSA) is 54.4 Å². The third-order valence-corrected chi connectivity index (χ3v) is 1.94. The van der Waals surface area contributed by atoms with Crippen LogP contribution in [0.3, 0.4) is 0 Å². The van der Waals surface area contributed by atoms with Gasteiger partial charge in [0.1, 0.15) is 0 Å². The molecule has 0 spiro atoms. The van der Waals surface area contributed by atoms with Crippen molar-refractivity contribution in [2.24, 2.45) is 5.92 Å². The van der Waals surface area contributed by atoms with Crippen molar-refractivity contribution in [3.05, 3.63) is 0 Å². The van der Waals surface area contributed by atoms with Gasteiger partial charge in [0, 0.05) is 0 Å². The molecule has 0 saturated heterocycles. The van der Waals surface area contributed by atoms with E-state index in [1.165, 1.54) is 0 Å². The number of alkyl halides is 3. The number of halogens is 3. The summed E-state index contributed by atoms with van der Waals surface area (Å²) in [6.45, 7) is 0.688. The summed E-state index contributed by atoms with van der Waals surface area (Å²) in [7, 11) is -4.53. The molecular formula is C4H7F3O3S. The lowest BCUT2D eigenvalue weighted by Gasteiger charge is -2.12. The molecule has 0 fully saturated rings. The molecule has 1 atom stereocenters. The summed E-state index contributed by atoms with van der Waals surface area (Å²) in [6.07, 6.45) is -4.57. The molecule has 0 aliphatic rings. The Kier molecular flexibility index (Phi) is 2.90. The molecule has 68 valence electrons. The summed E-state index contributed by atoms with van der Waals surface area (Å²) in [5.74, 6) is -3.31. The third-order valence-electron chi connectivity index (χ3n) is 1.02. The van der Waals surface area contributed by atoms with Crippen LogP contribution in [0.15, 0.2) is 0 Å². The van der Waals surface area contributed by atoms with E-state index in [-0.39, 0.29) is 0 Å². The molecule has 0 aliphatic carbocycles. The average molecular weight is 192 g/mol. The molecule has 0 heterocycles. The van der Waals surface area contributed by atoms with Gasteiger partial charge in [-0.1, -0.05) is 6.92 Å². The van der Waals surface area contributed by atoms with E-state index in [0.717, 1.165) is 0 Å². The summed E-state index contributed by atoms with van der Waals surface area (Å²) in [5, 5.41) is 0. The van der Waals surface area contributed by atoms with Crippen LogP contribution in [0.1, 0.15) is 6.92 Å². The summed E-state index contributed by atoms with van der Waals surface area (Å²) < 4.78 is 62.7. The van der Waals surface area contributed by atoms with Gasteiger partial charge in [0.25, 0.3) is 10.1 Å². The highest BCUT2D eigenvalue weighted by Crippen LogP contribution is 2.26.